The normalized spacial score (nSPS) is 12.5. The molecule has 31 heavy (non-hydrogen) atoms. The summed E-state index contributed by atoms with van der Waals surface area (Å²) in [6.45, 7) is 5.83. The van der Waals surface area contributed by atoms with Gasteiger partial charge in [-0.15, -0.1) is 5.92 Å². The molecule has 1 aliphatic rings. The van der Waals surface area contributed by atoms with Gasteiger partial charge in [0.25, 0.3) is 0 Å². The monoisotopic (exact) mass is 438 g/mol. The number of fused-ring (bicyclic) bond motifs is 2. The van der Waals surface area contributed by atoms with Crippen LogP contribution in [-0.4, -0.2) is 48.5 Å². The maximum Gasteiger partial charge on any atom is 0.165 e. The average molecular weight is 439 g/mol. The molecule has 0 bridgehead atoms. The van der Waals surface area contributed by atoms with Crippen molar-refractivity contribution in [2.45, 2.75) is 33.1 Å². The van der Waals surface area contributed by atoms with E-state index in [-0.39, 0.29) is 0 Å². The molecule has 2 aromatic heterocycles. The van der Waals surface area contributed by atoms with Gasteiger partial charge in [0.05, 0.1) is 36.5 Å². The predicted molar refractivity (Wildman–Crippen MR) is 124 cm³/mol. The van der Waals surface area contributed by atoms with Gasteiger partial charge >= 0.3 is 0 Å². The van der Waals surface area contributed by atoms with Crippen molar-refractivity contribution in [3.8, 4) is 28.7 Å². The molecule has 4 rings (SSSR count). The Morgan fingerprint density at radius 3 is 2.81 bits per heavy atom. The molecule has 0 saturated heterocycles. The number of halogens is 1. The summed E-state index contributed by atoms with van der Waals surface area (Å²) in [5.74, 6) is 8.01. The first kappa shape index (κ1) is 21.5. The predicted octanol–water partition coefficient (Wildman–Crippen LogP) is 4.33. The molecule has 0 saturated carbocycles. The highest BCUT2D eigenvalue weighted by molar-refractivity contribution is 6.33. The summed E-state index contributed by atoms with van der Waals surface area (Å²) >= 11 is 6.64. The molecular weight excluding hydrogens is 412 g/mol. The van der Waals surface area contributed by atoms with Crippen molar-refractivity contribution in [1.29, 1.82) is 0 Å². The van der Waals surface area contributed by atoms with Crippen LogP contribution in [-0.2, 0) is 17.6 Å². The Hall–Kier alpha value is -2.75. The average Bonchev–Trinajstić information content (AvgIpc) is 3.36. The molecular formula is C24H27ClN4O2. The minimum absolute atomic E-state index is 0.612. The van der Waals surface area contributed by atoms with Crippen molar-refractivity contribution in [2.24, 2.45) is 0 Å². The highest BCUT2D eigenvalue weighted by Gasteiger charge is 2.27. The molecule has 0 amide bonds. The summed E-state index contributed by atoms with van der Waals surface area (Å²) in [5.41, 5.74) is 5.97. The number of aromatic nitrogens is 3. The van der Waals surface area contributed by atoms with Crippen LogP contribution in [0.15, 0.2) is 18.2 Å². The third-order valence-corrected chi connectivity index (χ3v) is 6.01. The van der Waals surface area contributed by atoms with Gasteiger partial charge in [-0.2, -0.15) is 9.61 Å². The van der Waals surface area contributed by atoms with E-state index in [1.165, 1.54) is 5.56 Å². The fourth-order valence-electron chi connectivity index (χ4n) is 4.22. The van der Waals surface area contributed by atoms with Crippen LogP contribution in [0.2, 0.25) is 5.02 Å². The molecule has 3 aromatic rings. The minimum Gasteiger partial charge on any atom is -0.497 e. The molecule has 1 aliphatic carbocycles. The lowest BCUT2D eigenvalue weighted by atomic mass is 10.1. The first-order chi connectivity index (χ1) is 15.1. The highest BCUT2D eigenvalue weighted by atomic mass is 35.5. The fourth-order valence-corrected chi connectivity index (χ4v) is 4.48. The van der Waals surface area contributed by atoms with Gasteiger partial charge < -0.3 is 14.4 Å². The number of aryl methyl sites for hydroxylation is 2. The van der Waals surface area contributed by atoms with E-state index in [0.29, 0.717) is 18.2 Å². The van der Waals surface area contributed by atoms with Crippen LogP contribution < -0.4 is 9.64 Å². The van der Waals surface area contributed by atoms with Crippen LogP contribution in [0.25, 0.3) is 16.8 Å². The standard InChI is InChI=1S/C24H27ClN4O2/c1-5-6-12-28(13-14-30-3)24-19-8-7-9-21(19)26-23-22(16(2)27-29(23)24)18-11-10-17(31-4)15-20(18)25/h10-11,15H,7-9,12-14H2,1-4H3. The number of nitrogens with zero attached hydrogens (tertiary/aromatic N) is 4. The second-order valence-corrected chi connectivity index (χ2v) is 8.00. The summed E-state index contributed by atoms with van der Waals surface area (Å²) < 4.78 is 12.7. The third kappa shape index (κ3) is 3.96. The fraction of sp³-hybridized carbons (Fsp3) is 0.417. The summed E-state index contributed by atoms with van der Waals surface area (Å²) in [4.78, 5) is 7.31. The Labute approximate surface area is 188 Å². The van der Waals surface area contributed by atoms with E-state index in [1.807, 2.05) is 36.6 Å². The van der Waals surface area contributed by atoms with E-state index in [1.54, 1.807) is 14.2 Å². The topological polar surface area (TPSA) is 51.9 Å². The van der Waals surface area contributed by atoms with Gasteiger partial charge in [0.1, 0.15) is 11.6 Å². The zero-order valence-corrected chi connectivity index (χ0v) is 19.2. The van der Waals surface area contributed by atoms with Crippen LogP contribution in [0.1, 0.15) is 30.3 Å². The molecule has 0 unspecified atom stereocenters. The second-order valence-electron chi connectivity index (χ2n) is 7.60. The third-order valence-electron chi connectivity index (χ3n) is 5.69. The molecule has 0 N–H and O–H groups in total. The Morgan fingerprint density at radius 1 is 1.26 bits per heavy atom. The molecule has 1 aromatic carbocycles. The van der Waals surface area contributed by atoms with Crippen molar-refractivity contribution < 1.29 is 9.47 Å². The van der Waals surface area contributed by atoms with Gasteiger partial charge in [-0.3, -0.25) is 0 Å². The van der Waals surface area contributed by atoms with Gasteiger partial charge in [0.15, 0.2) is 5.65 Å². The zero-order chi connectivity index (χ0) is 22.0. The summed E-state index contributed by atoms with van der Waals surface area (Å²) in [5, 5.41) is 5.54. The zero-order valence-electron chi connectivity index (χ0n) is 18.5. The molecule has 0 fully saturated rings. The van der Waals surface area contributed by atoms with E-state index in [4.69, 9.17) is 31.2 Å². The van der Waals surface area contributed by atoms with Crippen LogP contribution >= 0.6 is 11.6 Å². The highest BCUT2D eigenvalue weighted by Crippen LogP contribution is 2.39. The van der Waals surface area contributed by atoms with Gasteiger partial charge in [0, 0.05) is 30.5 Å². The van der Waals surface area contributed by atoms with Crippen LogP contribution in [0, 0.1) is 18.8 Å². The van der Waals surface area contributed by atoms with Gasteiger partial charge in [-0.05, 0) is 51.3 Å². The summed E-state index contributed by atoms with van der Waals surface area (Å²) in [7, 11) is 3.36. The van der Waals surface area contributed by atoms with Crippen molar-refractivity contribution in [1.82, 2.24) is 14.6 Å². The van der Waals surface area contributed by atoms with E-state index in [9.17, 15) is 0 Å². The number of anilines is 1. The molecule has 0 spiro atoms. The number of benzene rings is 1. The first-order valence-electron chi connectivity index (χ1n) is 10.5. The van der Waals surface area contributed by atoms with Gasteiger partial charge in [-0.25, -0.2) is 4.98 Å². The number of hydrogen-bond acceptors (Lipinski definition) is 5. The van der Waals surface area contributed by atoms with Crippen molar-refractivity contribution in [3.63, 3.8) is 0 Å². The Bertz CT molecular complexity index is 1180. The Morgan fingerprint density at radius 2 is 2.10 bits per heavy atom. The quantitative estimate of drug-likeness (QED) is 0.514. The largest absolute Gasteiger partial charge is 0.497 e. The molecule has 7 heteroatoms. The Balaban J connectivity index is 1.95. The summed E-state index contributed by atoms with van der Waals surface area (Å²) in [6.07, 6.45) is 3.06. The molecule has 0 radical (unpaired) electrons. The minimum atomic E-state index is 0.612. The number of ether oxygens (including phenoxy) is 2. The second kappa shape index (κ2) is 9.17. The molecule has 0 aliphatic heterocycles. The van der Waals surface area contributed by atoms with Crippen LogP contribution in [0.5, 0.6) is 5.75 Å². The van der Waals surface area contributed by atoms with Crippen molar-refractivity contribution in [3.05, 3.63) is 40.2 Å². The maximum atomic E-state index is 6.64. The lowest BCUT2D eigenvalue weighted by Crippen LogP contribution is -2.31. The van der Waals surface area contributed by atoms with Crippen LogP contribution in [0.4, 0.5) is 5.82 Å². The first-order valence-corrected chi connectivity index (χ1v) is 10.8. The van der Waals surface area contributed by atoms with E-state index >= 15 is 0 Å². The van der Waals surface area contributed by atoms with Gasteiger partial charge in [-0.1, -0.05) is 17.5 Å². The number of rotatable bonds is 7. The van der Waals surface area contributed by atoms with Crippen molar-refractivity contribution >= 4 is 23.1 Å². The van der Waals surface area contributed by atoms with Crippen LogP contribution in [0.3, 0.4) is 0 Å². The van der Waals surface area contributed by atoms with Gasteiger partial charge in [0.2, 0.25) is 0 Å². The number of methoxy groups -OCH3 is 2. The molecule has 2 heterocycles. The Kier molecular flexibility index (Phi) is 6.35. The summed E-state index contributed by atoms with van der Waals surface area (Å²) in [6, 6.07) is 5.72. The van der Waals surface area contributed by atoms with Crippen molar-refractivity contribution in [2.75, 3.05) is 38.8 Å². The molecule has 0 atom stereocenters. The SMILES string of the molecule is CC#CCN(CCOC)c1c2c(nc3c(-c4ccc(OC)cc4Cl)c(C)nn13)CCC2. The lowest BCUT2D eigenvalue weighted by molar-refractivity contribution is 0.205. The molecule has 162 valence electrons. The number of hydrogen-bond donors (Lipinski definition) is 0. The van der Waals surface area contributed by atoms with E-state index < -0.39 is 0 Å². The van der Waals surface area contributed by atoms with E-state index in [0.717, 1.165) is 65.5 Å². The van der Waals surface area contributed by atoms with E-state index in [2.05, 4.69) is 16.7 Å². The maximum absolute atomic E-state index is 6.64. The smallest absolute Gasteiger partial charge is 0.165 e. The molecule has 6 nitrogen and oxygen atoms in total. The lowest BCUT2D eigenvalue weighted by Gasteiger charge is -2.25.